The molecule has 0 aliphatic heterocycles. The minimum atomic E-state index is -1.08. The molecule has 0 atom stereocenters. The van der Waals surface area contributed by atoms with E-state index in [1.54, 1.807) is 4.90 Å². The lowest BCUT2D eigenvalue weighted by Crippen LogP contribution is -2.42. The lowest BCUT2D eigenvalue weighted by Gasteiger charge is -2.23. The molecule has 9 heteroatoms. The maximum absolute atomic E-state index is 13.1. The highest BCUT2D eigenvalue weighted by molar-refractivity contribution is 5.94. The van der Waals surface area contributed by atoms with Crippen LogP contribution in [0, 0.1) is 17.6 Å². The van der Waals surface area contributed by atoms with Crippen LogP contribution in [0.5, 0.6) is 0 Å². The van der Waals surface area contributed by atoms with Crippen LogP contribution in [0.25, 0.3) is 0 Å². The van der Waals surface area contributed by atoms with Gasteiger partial charge in [0.2, 0.25) is 11.8 Å². The van der Waals surface area contributed by atoms with Crippen LogP contribution in [0.2, 0.25) is 0 Å². The minimum absolute atomic E-state index is 0.0215. The Bertz CT molecular complexity index is 668. The standard InChI is InChI=1S/C18H25F2N3O4/c1-12(2)10-23(7-6-18(26)27-3)11-17(25)21-9-16(24)22-13-4-5-14(19)15(20)8-13/h4-5,8,12H,6-7,9-11H2,1-3H3,(H,21,25)(H,22,24). The van der Waals surface area contributed by atoms with E-state index in [-0.39, 0.29) is 43.0 Å². The average Bonchev–Trinajstić information content (AvgIpc) is 2.60. The van der Waals surface area contributed by atoms with Crippen molar-refractivity contribution in [2.75, 3.05) is 38.6 Å². The van der Waals surface area contributed by atoms with Crippen molar-refractivity contribution in [2.24, 2.45) is 5.92 Å². The van der Waals surface area contributed by atoms with Gasteiger partial charge in [-0.25, -0.2) is 8.78 Å². The van der Waals surface area contributed by atoms with Gasteiger partial charge in [0.15, 0.2) is 11.6 Å². The predicted molar refractivity (Wildman–Crippen MR) is 95.9 cm³/mol. The van der Waals surface area contributed by atoms with Crippen molar-refractivity contribution < 1.29 is 27.9 Å². The van der Waals surface area contributed by atoms with Crippen LogP contribution in [0.1, 0.15) is 20.3 Å². The van der Waals surface area contributed by atoms with Gasteiger partial charge in [-0.2, -0.15) is 0 Å². The first kappa shape index (κ1) is 22.5. The largest absolute Gasteiger partial charge is 0.469 e. The predicted octanol–water partition coefficient (Wildman–Crippen LogP) is 1.54. The van der Waals surface area contributed by atoms with Gasteiger partial charge in [0.05, 0.1) is 26.6 Å². The van der Waals surface area contributed by atoms with Gasteiger partial charge in [0, 0.05) is 24.8 Å². The molecule has 0 heterocycles. The van der Waals surface area contributed by atoms with E-state index in [9.17, 15) is 23.2 Å². The Kier molecular flexibility index (Phi) is 9.35. The van der Waals surface area contributed by atoms with E-state index in [0.29, 0.717) is 13.1 Å². The number of hydrogen-bond donors (Lipinski definition) is 2. The van der Waals surface area contributed by atoms with Crippen LogP contribution >= 0.6 is 0 Å². The van der Waals surface area contributed by atoms with Crippen molar-refractivity contribution in [3.05, 3.63) is 29.8 Å². The summed E-state index contributed by atoms with van der Waals surface area (Å²) in [4.78, 5) is 36.9. The zero-order valence-corrected chi connectivity index (χ0v) is 15.7. The van der Waals surface area contributed by atoms with Crippen molar-refractivity contribution >= 4 is 23.5 Å². The van der Waals surface area contributed by atoms with Gasteiger partial charge in [0.25, 0.3) is 0 Å². The number of methoxy groups -OCH3 is 1. The topological polar surface area (TPSA) is 87.7 Å². The number of nitrogens with one attached hydrogen (secondary N) is 2. The summed E-state index contributed by atoms with van der Waals surface area (Å²) < 4.78 is 30.6. The molecule has 1 aromatic rings. The molecular formula is C18H25F2N3O4. The molecule has 2 N–H and O–H groups in total. The first-order chi connectivity index (χ1) is 12.7. The van der Waals surface area contributed by atoms with Crippen LogP contribution < -0.4 is 10.6 Å². The number of carbonyl (C=O) groups is 3. The molecular weight excluding hydrogens is 360 g/mol. The number of nitrogens with zero attached hydrogens (tertiary/aromatic N) is 1. The first-order valence-corrected chi connectivity index (χ1v) is 8.52. The molecule has 7 nitrogen and oxygen atoms in total. The van der Waals surface area contributed by atoms with E-state index in [0.717, 1.165) is 12.1 Å². The second-order valence-corrected chi connectivity index (χ2v) is 6.41. The maximum atomic E-state index is 13.1. The Hall–Kier alpha value is -2.55. The van der Waals surface area contributed by atoms with E-state index in [1.165, 1.54) is 13.2 Å². The quantitative estimate of drug-likeness (QED) is 0.597. The van der Waals surface area contributed by atoms with Gasteiger partial charge in [-0.1, -0.05) is 13.8 Å². The van der Waals surface area contributed by atoms with Gasteiger partial charge in [0.1, 0.15) is 0 Å². The van der Waals surface area contributed by atoms with Gasteiger partial charge in [-0.05, 0) is 18.1 Å². The molecule has 27 heavy (non-hydrogen) atoms. The molecule has 0 radical (unpaired) electrons. The zero-order chi connectivity index (χ0) is 20.4. The number of rotatable bonds is 10. The molecule has 150 valence electrons. The SMILES string of the molecule is COC(=O)CCN(CC(=O)NCC(=O)Nc1ccc(F)c(F)c1)CC(C)C. The fraction of sp³-hybridized carbons (Fsp3) is 0.500. The van der Waals surface area contributed by atoms with E-state index >= 15 is 0 Å². The molecule has 0 spiro atoms. The Balaban J connectivity index is 2.46. The first-order valence-electron chi connectivity index (χ1n) is 8.52. The maximum Gasteiger partial charge on any atom is 0.306 e. The monoisotopic (exact) mass is 385 g/mol. The molecule has 0 aromatic heterocycles. The van der Waals surface area contributed by atoms with Crippen LogP contribution in [0.3, 0.4) is 0 Å². The normalized spacial score (nSPS) is 10.8. The highest BCUT2D eigenvalue weighted by Crippen LogP contribution is 2.12. The van der Waals surface area contributed by atoms with Crippen molar-refractivity contribution in [1.29, 1.82) is 0 Å². The van der Waals surface area contributed by atoms with Gasteiger partial charge >= 0.3 is 5.97 Å². The number of benzene rings is 1. The lowest BCUT2D eigenvalue weighted by molar-refractivity contribution is -0.141. The number of hydrogen-bond acceptors (Lipinski definition) is 5. The van der Waals surface area contributed by atoms with Gasteiger partial charge in [-0.15, -0.1) is 0 Å². The van der Waals surface area contributed by atoms with Crippen LogP contribution in [0.15, 0.2) is 18.2 Å². The molecule has 0 unspecified atom stereocenters. The fourth-order valence-electron chi connectivity index (χ4n) is 2.32. The third kappa shape index (κ3) is 9.09. The van der Waals surface area contributed by atoms with Gasteiger partial charge < -0.3 is 15.4 Å². The summed E-state index contributed by atoms with van der Waals surface area (Å²) in [6, 6.07) is 2.97. The number of carbonyl (C=O) groups excluding carboxylic acids is 3. The minimum Gasteiger partial charge on any atom is -0.469 e. The van der Waals surface area contributed by atoms with Gasteiger partial charge in [-0.3, -0.25) is 19.3 Å². The van der Waals surface area contributed by atoms with Crippen molar-refractivity contribution in [1.82, 2.24) is 10.2 Å². The summed E-state index contributed by atoms with van der Waals surface area (Å²) in [6.07, 6.45) is 0.160. The van der Waals surface area contributed by atoms with Crippen molar-refractivity contribution in [3.8, 4) is 0 Å². The fourth-order valence-corrected chi connectivity index (χ4v) is 2.32. The summed E-state index contributed by atoms with van der Waals surface area (Å²) in [5.74, 6) is -3.13. The smallest absolute Gasteiger partial charge is 0.306 e. The second-order valence-electron chi connectivity index (χ2n) is 6.41. The highest BCUT2D eigenvalue weighted by atomic mass is 19.2. The number of halogens is 2. The molecule has 0 bridgehead atoms. The molecule has 1 aromatic carbocycles. The van der Waals surface area contributed by atoms with Crippen molar-refractivity contribution in [2.45, 2.75) is 20.3 Å². The summed E-state index contributed by atoms with van der Waals surface area (Å²) in [5.41, 5.74) is 0.0904. The molecule has 0 saturated heterocycles. The van der Waals surface area contributed by atoms with E-state index in [1.807, 2.05) is 13.8 Å². The highest BCUT2D eigenvalue weighted by Gasteiger charge is 2.15. The van der Waals surface area contributed by atoms with E-state index < -0.39 is 17.5 Å². The van der Waals surface area contributed by atoms with Crippen LogP contribution in [-0.2, 0) is 19.1 Å². The summed E-state index contributed by atoms with van der Waals surface area (Å²) >= 11 is 0. The summed E-state index contributed by atoms with van der Waals surface area (Å²) in [7, 11) is 1.30. The molecule has 0 aliphatic carbocycles. The average molecular weight is 385 g/mol. The molecule has 2 amide bonds. The number of anilines is 1. The zero-order valence-electron chi connectivity index (χ0n) is 15.7. The lowest BCUT2D eigenvalue weighted by atomic mass is 10.2. The van der Waals surface area contributed by atoms with Crippen molar-refractivity contribution in [3.63, 3.8) is 0 Å². The Morgan fingerprint density at radius 3 is 2.44 bits per heavy atom. The summed E-state index contributed by atoms with van der Waals surface area (Å²) in [5, 5.41) is 4.82. The molecule has 0 fully saturated rings. The Labute approximate surface area is 157 Å². The second kappa shape index (κ2) is 11.2. The number of esters is 1. The molecule has 1 rings (SSSR count). The molecule has 0 aliphatic rings. The Morgan fingerprint density at radius 1 is 1.15 bits per heavy atom. The van der Waals surface area contributed by atoms with Crippen LogP contribution in [-0.4, -0.2) is 56.0 Å². The third-order valence-electron chi connectivity index (χ3n) is 3.50. The van der Waals surface area contributed by atoms with E-state index in [2.05, 4.69) is 15.4 Å². The number of amides is 2. The number of ether oxygens (including phenoxy) is 1. The molecule has 0 saturated carbocycles. The summed E-state index contributed by atoms with van der Waals surface area (Å²) in [6.45, 7) is 4.64. The van der Waals surface area contributed by atoms with Crippen LogP contribution in [0.4, 0.5) is 14.5 Å². The Morgan fingerprint density at radius 2 is 1.85 bits per heavy atom. The van der Waals surface area contributed by atoms with E-state index in [4.69, 9.17) is 0 Å². The third-order valence-corrected chi connectivity index (χ3v) is 3.50.